The lowest BCUT2D eigenvalue weighted by Gasteiger charge is -2.21. The largest absolute Gasteiger partial charge is 0.396 e. The topological polar surface area (TPSA) is 158 Å². The van der Waals surface area contributed by atoms with Crippen molar-refractivity contribution in [2.75, 3.05) is 17.7 Å². The standard InChI is InChI=1S/C21H20ClFN8O3/c1-8(27-18-15(17(24)25-7-26-18)20-28-9(2)30-34-20)19-29-16-12(23)4-3-11(22)14(16)21(33)31(19)13-5-10(13)6-32/h3-4,7-8,10,13,32H,5-6H2,1-2H3,(H3,24,25,26,27). The monoisotopic (exact) mass is 486 g/mol. The van der Waals surface area contributed by atoms with Crippen molar-refractivity contribution < 1.29 is 14.0 Å². The van der Waals surface area contributed by atoms with Gasteiger partial charge in [0, 0.05) is 18.6 Å². The molecule has 0 amide bonds. The Balaban J connectivity index is 1.64. The molecule has 3 atom stereocenters. The minimum atomic E-state index is -0.667. The number of aryl methyl sites for hydroxylation is 1. The maximum atomic E-state index is 14.7. The minimum absolute atomic E-state index is 0.00508. The van der Waals surface area contributed by atoms with Crippen molar-refractivity contribution in [3.05, 3.63) is 51.3 Å². The van der Waals surface area contributed by atoms with Crippen LogP contribution >= 0.6 is 11.6 Å². The van der Waals surface area contributed by atoms with Crippen LogP contribution in [0.15, 0.2) is 27.8 Å². The number of benzene rings is 1. The van der Waals surface area contributed by atoms with Gasteiger partial charge in [-0.2, -0.15) is 4.98 Å². The van der Waals surface area contributed by atoms with Gasteiger partial charge in [-0.3, -0.25) is 9.36 Å². The zero-order chi connectivity index (χ0) is 24.1. The van der Waals surface area contributed by atoms with E-state index >= 15 is 0 Å². The zero-order valence-electron chi connectivity index (χ0n) is 18.2. The molecule has 1 aromatic carbocycles. The van der Waals surface area contributed by atoms with Crippen LogP contribution in [0.25, 0.3) is 22.4 Å². The highest BCUT2D eigenvalue weighted by Crippen LogP contribution is 2.44. The molecule has 0 radical (unpaired) electrons. The van der Waals surface area contributed by atoms with E-state index in [0.29, 0.717) is 17.8 Å². The average molecular weight is 487 g/mol. The summed E-state index contributed by atoms with van der Waals surface area (Å²) < 4.78 is 21.4. The van der Waals surface area contributed by atoms with E-state index in [4.69, 9.17) is 21.9 Å². The molecule has 0 saturated heterocycles. The number of aliphatic hydroxyl groups excluding tert-OH is 1. The van der Waals surface area contributed by atoms with E-state index in [0.717, 1.165) is 6.07 Å². The number of aromatic nitrogens is 6. The third-order valence-corrected chi connectivity index (χ3v) is 6.11. The van der Waals surface area contributed by atoms with Gasteiger partial charge in [-0.1, -0.05) is 16.8 Å². The minimum Gasteiger partial charge on any atom is -0.396 e. The van der Waals surface area contributed by atoms with Gasteiger partial charge in [-0.05, 0) is 32.4 Å². The lowest BCUT2D eigenvalue weighted by atomic mass is 10.2. The molecule has 0 aliphatic heterocycles. The van der Waals surface area contributed by atoms with Crippen LogP contribution in [0.3, 0.4) is 0 Å². The fraction of sp³-hybridized carbons (Fsp3) is 0.333. The molecule has 1 aliphatic rings. The molecule has 3 aromatic heterocycles. The van der Waals surface area contributed by atoms with Crippen molar-refractivity contribution >= 4 is 34.1 Å². The molecule has 3 unspecified atom stereocenters. The molecule has 176 valence electrons. The van der Waals surface area contributed by atoms with Crippen LogP contribution in [-0.2, 0) is 0 Å². The molecule has 0 spiro atoms. The number of nitrogens with zero attached hydrogens (tertiary/aromatic N) is 6. The molecular weight excluding hydrogens is 467 g/mol. The van der Waals surface area contributed by atoms with E-state index < -0.39 is 17.4 Å². The van der Waals surface area contributed by atoms with Crippen LogP contribution in [-0.4, -0.2) is 41.4 Å². The second kappa shape index (κ2) is 8.29. The summed E-state index contributed by atoms with van der Waals surface area (Å²) in [6, 6.07) is 1.55. The summed E-state index contributed by atoms with van der Waals surface area (Å²) in [5.74, 6) is 0.377. The average Bonchev–Trinajstić information content (AvgIpc) is 3.46. The van der Waals surface area contributed by atoms with Crippen molar-refractivity contribution in [1.29, 1.82) is 0 Å². The van der Waals surface area contributed by atoms with Crippen LogP contribution in [0.4, 0.5) is 16.0 Å². The van der Waals surface area contributed by atoms with Crippen molar-refractivity contribution in [3.63, 3.8) is 0 Å². The zero-order valence-corrected chi connectivity index (χ0v) is 18.9. The molecule has 1 fully saturated rings. The Bertz CT molecular complexity index is 1470. The SMILES string of the molecule is Cc1noc(-c2c(N)ncnc2NC(C)c2nc3c(F)ccc(Cl)c3c(=O)n2C2CC2CO)n1. The normalized spacial score (nSPS) is 18.3. The molecule has 34 heavy (non-hydrogen) atoms. The number of halogens is 2. The van der Waals surface area contributed by atoms with Crippen LogP contribution in [0.1, 0.15) is 37.1 Å². The van der Waals surface area contributed by atoms with Gasteiger partial charge in [0.15, 0.2) is 5.82 Å². The van der Waals surface area contributed by atoms with Gasteiger partial charge >= 0.3 is 0 Å². The first-order valence-corrected chi connectivity index (χ1v) is 10.9. The highest BCUT2D eigenvalue weighted by atomic mass is 35.5. The lowest BCUT2D eigenvalue weighted by Crippen LogP contribution is -2.29. The lowest BCUT2D eigenvalue weighted by molar-refractivity contribution is 0.267. The smallest absolute Gasteiger partial charge is 0.265 e. The Morgan fingerprint density at radius 3 is 2.85 bits per heavy atom. The van der Waals surface area contributed by atoms with E-state index in [1.54, 1.807) is 13.8 Å². The molecule has 4 aromatic rings. The summed E-state index contributed by atoms with van der Waals surface area (Å²) in [6.07, 6.45) is 1.85. The maximum Gasteiger partial charge on any atom is 0.265 e. The van der Waals surface area contributed by atoms with Crippen LogP contribution in [0, 0.1) is 18.7 Å². The summed E-state index contributed by atoms with van der Waals surface area (Å²) in [5.41, 5.74) is 5.74. The Kier molecular flexibility index (Phi) is 5.41. The number of nitrogens with one attached hydrogen (secondary N) is 1. The third-order valence-electron chi connectivity index (χ3n) is 5.79. The molecule has 11 nitrogen and oxygen atoms in total. The van der Waals surface area contributed by atoms with Gasteiger partial charge in [-0.15, -0.1) is 0 Å². The highest BCUT2D eigenvalue weighted by molar-refractivity contribution is 6.35. The number of rotatable bonds is 6. The number of nitrogen functional groups attached to an aromatic ring is 1. The second-order valence-corrected chi connectivity index (χ2v) is 8.55. The second-order valence-electron chi connectivity index (χ2n) is 8.14. The molecular formula is C21H20ClFN8O3. The van der Waals surface area contributed by atoms with Gasteiger partial charge in [0.2, 0.25) is 0 Å². The molecule has 1 aliphatic carbocycles. The summed E-state index contributed by atoms with van der Waals surface area (Å²) in [6.45, 7) is 3.31. The van der Waals surface area contributed by atoms with Crippen molar-refractivity contribution in [3.8, 4) is 11.5 Å². The number of hydrogen-bond donors (Lipinski definition) is 3. The predicted octanol–water partition coefficient (Wildman–Crippen LogP) is 2.65. The fourth-order valence-corrected chi connectivity index (χ4v) is 4.24. The summed E-state index contributed by atoms with van der Waals surface area (Å²) in [7, 11) is 0. The molecule has 5 rings (SSSR count). The van der Waals surface area contributed by atoms with E-state index in [1.807, 2.05) is 0 Å². The fourth-order valence-electron chi connectivity index (χ4n) is 4.00. The number of nitrogens with two attached hydrogens (primary N) is 1. The first kappa shape index (κ1) is 22.2. The van der Waals surface area contributed by atoms with Gasteiger partial charge in [0.1, 0.15) is 40.7 Å². The number of hydrogen-bond acceptors (Lipinski definition) is 10. The highest BCUT2D eigenvalue weighted by Gasteiger charge is 2.41. The van der Waals surface area contributed by atoms with Crippen molar-refractivity contribution in [2.45, 2.75) is 32.4 Å². The molecule has 1 saturated carbocycles. The summed E-state index contributed by atoms with van der Waals surface area (Å²) in [4.78, 5) is 30.4. The number of anilines is 2. The first-order chi connectivity index (χ1) is 16.3. The van der Waals surface area contributed by atoms with E-state index in [1.165, 1.54) is 17.0 Å². The van der Waals surface area contributed by atoms with E-state index in [2.05, 4.69) is 30.4 Å². The summed E-state index contributed by atoms with van der Waals surface area (Å²) in [5, 5.41) is 16.6. The van der Waals surface area contributed by atoms with Crippen molar-refractivity contribution in [1.82, 2.24) is 29.7 Å². The first-order valence-electron chi connectivity index (χ1n) is 10.5. The number of aliphatic hydroxyl groups is 1. The molecule has 0 bridgehead atoms. The predicted molar refractivity (Wildman–Crippen MR) is 122 cm³/mol. The van der Waals surface area contributed by atoms with Gasteiger partial charge in [0.25, 0.3) is 11.4 Å². The van der Waals surface area contributed by atoms with Crippen LogP contribution < -0.4 is 16.6 Å². The van der Waals surface area contributed by atoms with E-state index in [-0.39, 0.29) is 57.8 Å². The van der Waals surface area contributed by atoms with Crippen LogP contribution in [0.2, 0.25) is 5.02 Å². The Morgan fingerprint density at radius 1 is 1.38 bits per heavy atom. The summed E-state index contributed by atoms with van der Waals surface area (Å²) >= 11 is 6.23. The molecule has 13 heteroatoms. The Morgan fingerprint density at radius 2 is 2.18 bits per heavy atom. The third kappa shape index (κ3) is 3.64. The Hall–Kier alpha value is -3.64. The van der Waals surface area contributed by atoms with Crippen molar-refractivity contribution in [2.24, 2.45) is 5.92 Å². The van der Waals surface area contributed by atoms with Gasteiger partial charge in [0.05, 0.1) is 16.5 Å². The van der Waals surface area contributed by atoms with Gasteiger partial charge in [-0.25, -0.2) is 19.3 Å². The van der Waals surface area contributed by atoms with Gasteiger partial charge < -0.3 is 20.7 Å². The number of fused-ring (bicyclic) bond motifs is 1. The molecule has 4 N–H and O–H groups in total. The Labute approximate surface area is 196 Å². The quantitative estimate of drug-likeness (QED) is 0.370. The molecule has 3 heterocycles. The van der Waals surface area contributed by atoms with E-state index in [9.17, 15) is 14.3 Å². The maximum absolute atomic E-state index is 14.7. The van der Waals surface area contributed by atoms with Crippen LogP contribution in [0.5, 0.6) is 0 Å².